The number of alkyl halides is 3. The minimum Gasteiger partial charge on any atom is -0.387 e. The largest absolute Gasteiger partial charge is 0.416 e. The molecule has 1 N–H and O–H groups in total. The van der Waals surface area contributed by atoms with Crippen LogP contribution in [0.4, 0.5) is 13.2 Å². The smallest absolute Gasteiger partial charge is 0.387 e. The van der Waals surface area contributed by atoms with Gasteiger partial charge in [-0.3, -0.25) is 9.88 Å². The number of halogens is 3. The summed E-state index contributed by atoms with van der Waals surface area (Å²) in [6.07, 6.45) is 3.49. The molecule has 2 aliphatic carbocycles. The number of aromatic nitrogens is 1. The van der Waals surface area contributed by atoms with E-state index in [0.717, 1.165) is 41.9 Å². The lowest BCUT2D eigenvalue weighted by Crippen LogP contribution is -2.45. The molecule has 4 aliphatic rings. The van der Waals surface area contributed by atoms with Crippen molar-refractivity contribution >= 4 is 10.9 Å². The lowest BCUT2D eigenvalue weighted by Gasteiger charge is -2.42. The number of piperidine rings is 1. The van der Waals surface area contributed by atoms with Gasteiger partial charge < -0.3 is 5.11 Å². The maximum atomic E-state index is 13.0. The number of allylic oxidation sites excluding steroid dienone is 5. The molecule has 2 aromatic rings. The van der Waals surface area contributed by atoms with Gasteiger partial charge in [0.2, 0.25) is 0 Å². The maximum absolute atomic E-state index is 13.0. The number of aliphatic hydroxyl groups is 1. The first-order valence-electron chi connectivity index (χ1n) is 11.3. The minimum absolute atomic E-state index is 0.0923. The molecule has 32 heavy (non-hydrogen) atoms. The molecule has 6 unspecified atom stereocenters. The van der Waals surface area contributed by atoms with E-state index in [4.69, 9.17) is 4.98 Å². The van der Waals surface area contributed by atoms with Gasteiger partial charge in [0.25, 0.3) is 0 Å². The fourth-order valence-electron chi connectivity index (χ4n) is 6.64. The molecule has 2 saturated heterocycles. The van der Waals surface area contributed by atoms with E-state index in [1.54, 1.807) is 6.08 Å². The Hall–Kier alpha value is -2.44. The number of aliphatic hydroxyl groups excluding tert-OH is 1. The summed E-state index contributed by atoms with van der Waals surface area (Å²) in [6.45, 7) is 4.98. The molecule has 3 nitrogen and oxygen atoms in total. The molecule has 0 radical (unpaired) electrons. The summed E-state index contributed by atoms with van der Waals surface area (Å²) in [5.74, 6) is 0.860. The molecule has 1 saturated carbocycles. The van der Waals surface area contributed by atoms with Crippen molar-refractivity contribution in [3.8, 4) is 0 Å². The van der Waals surface area contributed by atoms with E-state index < -0.39 is 17.9 Å². The van der Waals surface area contributed by atoms with Gasteiger partial charge in [0.05, 0.1) is 23.2 Å². The van der Waals surface area contributed by atoms with Gasteiger partial charge in [-0.15, -0.1) is 6.58 Å². The van der Waals surface area contributed by atoms with Gasteiger partial charge in [-0.2, -0.15) is 13.2 Å². The topological polar surface area (TPSA) is 36.1 Å². The zero-order chi connectivity index (χ0) is 22.3. The highest BCUT2D eigenvalue weighted by Gasteiger charge is 2.77. The maximum Gasteiger partial charge on any atom is 0.416 e. The monoisotopic (exact) mass is 438 g/mol. The number of benzene rings is 1. The van der Waals surface area contributed by atoms with Gasteiger partial charge in [-0.05, 0) is 55.3 Å². The Bertz CT molecular complexity index is 1170. The highest BCUT2D eigenvalue weighted by Crippen LogP contribution is 2.69. The van der Waals surface area contributed by atoms with Crippen LogP contribution in [0.25, 0.3) is 10.9 Å². The molecule has 1 aromatic heterocycles. The van der Waals surface area contributed by atoms with Gasteiger partial charge in [0.1, 0.15) is 0 Å². The highest BCUT2D eigenvalue weighted by atomic mass is 19.4. The molecule has 1 spiro atoms. The number of para-hydroxylation sites is 1. The first-order chi connectivity index (χ1) is 15.3. The summed E-state index contributed by atoms with van der Waals surface area (Å²) < 4.78 is 39.0. The van der Waals surface area contributed by atoms with Crippen LogP contribution >= 0.6 is 0 Å². The van der Waals surface area contributed by atoms with Gasteiger partial charge in [-0.1, -0.05) is 42.5 Å². The number of nitrogens with zero attached hydrogens (tertiary/aromatic N) is 2. The Morgan fingerprint density at radius 1 is 1.28 bits per heavy atom. The molecular weight excluding hydrogens is 413 g/mol. The third-order valence-electron chi connectivity index (χ3n) is 8.21. The summed E-state index contributed by atoms with van der Waals surface area (Å²) >= 11 is 0. The molecule has 0 amide bonds. The van der Waals surface area contributed by atoms with Crippen LogP contribution in [-0.4, -0.2) is 39.3 Å². The van der Waals surface area contributed by atoms with E-state index in [1.807, 2.05) is 30.3 Å². The molecule has 6 rings (SSSR count). The molecule has 2 aliphatic heterocycles. The molecule has 7 atom stereocenters. The summed E-state index contributed by atoms with van der Waals surface area (Å²) in [7, 11) is 0. The first kappa shape index (κ1) is 20.2. The molecule has 3 fully saturated rings. The average molecular weight is 438 g/mol. The summed E-state index contributed by atoms with van der Waals surface area (Å²) in [6, 6.07) is 9.72. The highest BCUT2D eigenvalue weighted by molar-refractivity contribution is 5.83. The van der Waals surface area contributed by atoms with Gasteiger partial charge >= 0.3 is 6.18 Å². The van der Waals surface area contributed by atoms with Crippen LogP contribution in [0.3, 0.4) is 0 Å². The Balaban J connectivity index is 1.34. The van der Waals surface area contributed by atoms with Gasteiger partial charge in [-0.25, -0.2) is 0 Å². The van der Waals surface area contributed by atoms with E-state index in [0.29, 0.717) is 17.5 Å². The fraction of sp³-hybridized carbons (Fsp3) is 0.423. The van der Waals surface area contributed by atoms with Crippen LogP contribution in [0.15, 0.2) is 66.8 Å². The molecule has 3 heterocycles. The van der Waals surface area contributed by atoms with Crippen molar-refractivity contribution in [2.75, 3.05) is 6.54 Å². The second-order valence-corrected chi connectivity index (χ2v) is 9.59. The van der Waals surface area contributed by atoms with Crippen molar-refractivity contribution in [1.82, 2.24) is 9.88 Å². The Labute approximate surface area is 184 Å². The third kappa shape index (κ3) is 2.72. The van der Waals surface area contributed by atoms with Crippen molar-refractivity contribution in [3.63, 3.8) is 0 Å². The zero-order valence-electron chi connectivity index (χ0n) is 17.6. The van der Waals surface area contributed by atoms with Crippen molar-refractivity contribution < 1.29 is 18.3 Å². The Morgan fingerprint density at radius 2 is 2.09 bits per heavy atom. The number of fused-ring (bicyclic) bond motifs is 1. The van der Waals surface area contributed by atoms with Crippen LogP contribution in [0.5, 0.6) is 0 Å². The van der Waals surface area contributed by atoms with Crippen molar-refractivity contribution in [3.05, 3.63) is 78.0 Å². The van der Waals surface area contributed by atoms with Gasteiger partial charge in [0, 0.05) is 22.5 Å². The molecular formula is C26H25F3N2O. The van der Waals surface area contributed by atoms with Crippen LogP contribution in [-0.2, 0) is 0 Å². The second-order valence-electron chi connectivity index (χ2n) is 9.59. The van der Waals surface area contributed by atoms with E-state index in [9.17, 15) is 18.3 Å². The fourth-order valence-corrected chi connectivity index (χ4v) is 6.64. The second kappa shape index (κ2) is 6.78. The van der Waals surface area contributed by atoms with Crippen LogP contribution in [0.1, 0.15) is 42.5 Å². The summed E-state index contributed by atoms with van der Waals surface area (Å²) in [4.78, 5) is 7.19. The van der Waals surface area contributed by atoms with E-state index >= 15 is 0 Å². The van der Waals surface area contributed by atoms with Crippen LogP contribution in [0, 0.1) is 11.8 Å². The molecule has 6 heteroatoms. The van der Waals surface area contributed by atoms with E-state index in [1.165, 1.54) is 6.08 Å². The number of hydrogen-bond donors (Lipinski definition) is 1. The number of pyridine rings is 1. The zero-order valence-corrected chi connectivity index (χ0v) is 17.6. The molecule has 166 valence electrons. The lowest BCUT2D eigenvalue weighted by molar-refractivity contribution is -0.0886. The predicted molar refractivity (Wildman–Crippen MR) is 117 cm³/mol. The SMILES string of the molecule is C=CC1CC23C1CCN2C3[C@@H](O)c1cc(C2C=CC(C(F)(F)F)=CC2)nc2ccccc12. The van der Waals surface area contributed by atoms with Gasteiger partial charge in [0.15, 0.2) is 0 Å². The van der Waals surface area contributed by atoms with E-state index in [2.05, 4.69) is 17.6 Å². The predicted octanol–water partition coefficient (Wildman–Crippen LogP) is 5.45. The number of rotatable bonds is 4. The van der Waals surface area contributed by atoms with E-state index in [-0.39, 0.29) is 23.9 Å². The Kier molecular flexibility index (Phi) is 4.28. The van der Waals surface area contributed by atoms with Crippen molar-refractivity contribution in [2.45, 2.75) is 49.0 Å². The standard InChI is InChI=1S/C26H25F3N2O/c1-2-15-14-25-20(15)11-12-31(25)24(25)23(32)19-13-22(30-21-6-4-3-5-18(19)21)16-7-9-17(10-8-16)26(27,28)29/h2-7,9-10,13,15-16,20,23-24,32H,1,8,11-12,14H2/t15?,16?,20?,23-,24?,25?,31?/m0/s1. The lowest BCUT2D eigenvalue weighted by atomic mass is 9.61. The third-order valence-corrected chi connectivity index (χ3v) is 8.21. The normalized spacial score (nSPS) is 36.1. The summed E-state index contributed by atoms with van der Waals surface area (Å²) in [5, 5.41) is 12.4. The van der Waals surface area contributed by atoms with Crippen LogP contribution in [0.2, 0.25) is 0 Å². The first-order valence-corrected chi connectivity index (χ1v) is 11.3. The van der Waals surface area contributed by atoms with Crippen molar-refractivity contribution in [1.29, 1.82) is 0 Å². The number of hydrogen-bond acceptors (Lipinski definition) is 3. The Morgan fingerprint density at radius 3 is 2.81 bits per heavy atom. The quantitative estimate of drug-likeness (QED) is 0.510. The minimum atomic E-state index is -4.33. The average Bonchev–Trinajstić information content (AvgIpc) is 3.37. The molecule has 1 aromatic carbocycles. The van der Waals surface area contributed by atoms with Crippen molar-refractivity contribution in [2.24, 2.45) is 11.8 Å². The molecule has 0 bridgehead atoms. The van der Waals surface area contributed by atoms with Crippen LogP contribution < -0.4 is 0 Å². The summed E-state index contributed by atoms with van der Waals surface area (Å²) in [5.41, 5.74) is 1.79.